The van der Waals surface area contributed by atoms with Crippen LogP contribution in [0.5, 0.6) is 0 Å². The molecule has 0 aliphatic carbocycles. The molecular formula is C12H14Cl3NO. The zero-order chi connectivity index (χ0) is 12.4. The van der Waals surface area contributed by atoms with E-state index in [0.29, 0.717) is 21.0 Å². The summed E-state index contributed by atoms with van der Waals surface area (Å²) in [5.74, 6) is 0.371. The van der Waals surface area contributed by atoms with Gasteiger partial charge in [-0.05, 0) is 36.5 Å². The minimum Gasteiger partial charge on any atom is -0.381 e. The Morgan fingerprint density at radius 3 is 2.47 bits per heavy atom. The number of halogens is 3. The van der Waals surface area contributed by atoms with Gasteiger partial charge in [-0.2, -0.15) is 0 Å². The summed E-state index contributed by atoms with van der Waals surface area (Å²) in [6.45, 7) is 1.51. The van der Waals surface area contributed by atoms with Gasteiger partial charge in [0.05, 0.1) is 10.0 Å². The van der Waals surface area contributed by atoms with Crippen LogP contribution in [-0.2, 0) is 4.74 Å². The molecule has 0 aromatic heterocycles. The molecule has 1 atom stereocenters. The zero-order valence-electron chi connectivity index (χ0n) is 9.26. The maximum Gasteiger partial charge on any atom is 0.0641 e. The van der Waals surface area contributed by atoms with E-state index in [1.807, 2.05) is 0 Å². The van der Waals surface area contributed by atoms with Gasteiger partial charge in [-0.25, -0.2) is 0 Å². The van der Waals surface area contributed by atoms with Crippen LogP contribution in [0.2, 0.25) is 15.1 Å². The number of benzene rings is 1. The summed E-state index contributed by atoms with van der Waals surface area (Å²) < 4.78 is 5.32. The SMILES string of the molecule is N[C@@H](c1cc(Cl)cc(Cl)c1Cl)C1CCOCC1. The third-order valence-corrected chi connectivity index (χ3v) is 4.19. The van der Waals surface area contributed by atoms with Crippen molar-refractivity contribution in [1.82, 2.24) is 0 Å². The van der Waals surface area contributed by atoms with Crippen molar-refractivity contribution < 1.29 is 4.74 Å². The Hall–Kier alpha value is 0.01000. The Labute approximate surface area is 116 Å². The van der Waals surface area contributed by atoms with Crippen molar-refractivity contribution in [3.63, 3.8) is 0 Å². The standard InChI is InChI=1S/C12H14Cl3NO/c13-8-5-9(11(15)10(14)6-8)12(16)7-1-3-17-4-2-7/h5-7,12H,1-4,16H2/t12-/m1/s1. The maximum atomic E-state index is 6.25. The maximum absolute atomic E-state index is 6.25. The predicted octanol–water partition coefficient (Wildman–Crippen LogP) is 4.07. The Kier molecular flexibility index (Phi) is 4.56. The lowest BCUT2D eigenvalue weighted by atomic mass is 9.88. The van der Waals surface area contributed by atoms with Crippen molar-refractivity contribution in [2.75, 3.05) is 13.2 Å². The van der Waals surface area contributed by atoms with Gasteiger partial charge in [-0.1, -0.05) is 34.8 Å². The molecule has 0 amide bonds. The van der Waals surface area contributed by atoms with Crippen LogP contribution in [0.25, 0.3) is 0 Å². The lowest BCUT2D eigenvalue weighted by Gasteiger charge is -2.28. The molecule has 5 heteroatoms. The highest BCUT2D eigenvalue weighted by Gasteiger charge is 2.25. The highest BCUT2D eigenvalue weighted by Crippen LogP contribution is 2.37. The zero-order valence-corrected chi connectivity index (χ0v) is 11.5. The van der Waals surface area contributed by atoms with Crippen molar-refractivity contribution in [1.29, 1.82) is 0 Å². The molecule has 0 bridgehead atoms. The van der Waals surface area contributed by atoms with Gasteiger partial charge >= 0.3 is 0 Å². The van der Waals surface area contributed by atoms with E-state index in [-0.39, 0.29) is 6.04 Å². The van der Waals surface area contributed by atoms with Crippen LogP contribution in [0, 0.1) is 5.92 Å². The molecule has 2 rings (SSSR count). The van der Waals surface area contributed by atoms with Crippen molar-refractivity contribution in [2.24, 2.45) is 11.7 Å². The number of ether oxygens (including phenoxy) is 1. The molecule has 1 aromatic carbocycles. The van der Waals surface area contributed by atoms with Gasteiger partial charge < -0.3 is 10.5 Å². The minimum absolute atomic E-state index is 0.136. The second-order valence-corrected chi connectivity index (χ2v) is 5.49. The summed E-state index contributed by atoms with van der Waals surface area (Å²) in [6, 6.07) is 3.30. The van der Waals surface area contributed by atoms with Crippen LogP contribution in [0.3, 0.4) is 0 Å². The molecule has 1 heterocycles. The van der Waals surface area contributed by atoms with Gasteiger partial charge in [-0.3, -0.25) is 0 Å². The van der Waals surface area contributed by atoms with Gasteiger partial charge in [0, 0.05) is 24.3 Å². The molecule has 1 saturated heterocycles. The van der Waals surface area contributed by atoms with Crippen LogP contribution >= 0.6 is 34.8 Å². The third-order valence-electron chi connectivity index (χ3n) is 3.15. The lowest BCUT2D eigenvalue weighted by Crippen LogP contribution is -2.27. The van der Waals surface area contributed by atoms with Crippen LogP contribution in [0.15, 0.2) is 12.1 Å². The molecule has 17 heavy (non-hydrogen) atoms. The first kappa shape index (κ1) is 13.4. The average Bonchev–Trinajstić information content (AvgIpc) is 2.34. The summed E-state index contributed by atoms with van der Waals surface area (Å²) in [6.07, 6.45) is 1.89. The van der Waals surface area contributed by atoms with Crippen LogP contribution in [0.4, 0.5) is 0 Å². The van der Waals surface area contributed by atoms with Gasteiger partial charge in [0.2, 0.25) is 0 Å². The first-order valence-corrected chi connectivity index (χ1v) is 6.70. The topological polar surface area (TPSA) is 35.2 Å². The molecular weight excluding hydrogens is 280 g/mol. The fourth-order valence-electron chi connectivity index (χ4n) is 2.15. The fraction of sp³-hybridized carbons (Fsp3) is 0.500. The quantitative estimate of drug-likeness (QED) is 0.834. The Morgan fingerprint density at radius 2 is 1.82 bits per heavy atom. The first-order valence-electron chi connectivity index (χ1n) is 5.57. The van der Waals surface area contributed by atoms with Gasteiger partial charge in [0.15, 0.2) is 0 Å². The molecule has 2 nitrogen and oxygen atoms in total. The molecule has 1 aliphatic heterocycles. The molecule has 1 aromatic rings. The normalized spacial score (nSPS) is 19.3. The summed E-state index contributed by atoms with van der Waals surface area (Å²) in [7, 11) is 0. The largest absolute Gasteiger partial charge is 0.381 e. The molecule has 1 fully saturated rings. The van der Waals surface area contributed by atoms with Crippen LogP contribution < -0.4 is 5.73 Å². The number of nitrogens with two attached hydrogens (primary N) is 1. The molecule has 1 aliphatic rings. The molecule has 2 N–H and O–H groups in total. The lowest BCUT2D eigenvalue weighted by molar-refractivity contribution is 0.0584. The van der Waals surface area contributed by atoms with Crippen molar-refractivity contribution in [2.45, 2.75) is 18.9 Å². The molecule has 0 spiro atoms. The van der Waals surface area contributed by atoms with E-state index in [1.54, 1.807) is 12.1 Å². The van der Waals surface area contributed by atoms with E-state index in [9.17, 15) is 0 Å². The fourth-order valence-corrected chi connectivity index (χ4v) is 2.89. The number of hydrogen-bond donors (Lipinski definition) is 1. The van der Waals surface area contributed by atoms with E-state index in [2.05, 4.69) is 0 Å². The average molecular weight is 295 g/mol. The van der Waals surface area contributed by atoms with Gasteiger partial charge in [0.1, 0.15) is 0 Å². The Morgan fingerprint density at radius 1 is 1.18 bits per heavy atom. The van der Waals surface area contributed by atoms with Crippen LogP contribution in [-0.4, -0.2) is 13.2 Å². The Bertz CT molecular complexity index is 405. The van der Waals surface area contributed by atoms with Crippen LogP contribution in [0.1, 0.15) is 24.4 Å². The minimum atomic E-state index is -0.136. The van der Waals surface area contributed by atoms with E-state index in [4.69, 9.17) is 45.3 Å². The number of hydrogen-bond acceptors (Lipinski definition) is 2. The van der Waals surface area contributed by atoms with E-state index in [0.717, 1.165) is 31.6 Å². The van der Waals surface area contributed by atoms with Crippen molar-refractivity contribution >= 4 is 34.8 Å². The van der Waals surface area contributed by atoms with Crippen molar-refractivity contribution in [3.8, 4) is 0 Å². The van der Waals surface area contributed by atoms with E-state index in [1.165, 1.54) is 0 Å². The van der Waals surface area contributed by atoms with Gasteiger partial charge in [0.25, 0.3) is 0 Å². The first-order chi connectivity index (χ1) is 8.09. The van der Waals surface area contributed by atoms with E-state index < -0.39 is 0 Å². The monoisotopic (exact) mass is 293 g/mol. The Balaban J connectivity index is 2.26. The highest BCUT2D eigenvalue weighted by atomic mass is 35.5. The summed E-state index contributed by atoms with van der Waals surface area (Å²) in [5, 5.41) is 1.53. The second-order valence-electron chi connectivity index (χ2n) is 4.27. The number of rotatable bonds is 2. The molecule has 0 saturated carbocycles. The summed E-state index contributed by atoms with van der Waals surface area (Å²) in [5.41, 5.74) is 7.08. The second kappa shape index (κ2) is 5.77. The van der Waals surface area contributed by atoms with Crippen molar-refractivity contribution in [3.05, 3.63) is 32.8 Å². The highest BCUT2D eigenvalue weighted by molar-refractivity contribution is 6.43. The summed E-state index contributed by atoms with van der Waals surface area (Å²) >= 11 is 18.2. The smallest absolute Gasteiger partial charge is 0.0641 e. The summed E-state index contributed by atoms with van der Waals surface area (Å²) in [4.78, 5) is 0. The molecule has 94 valence electrons. The van der Waals surface area contributed by atoms with E-state index >= 15 is 0 Å². The predicted molar refractivity (Wildman–Crippen MR) is 71.9 cm³/mol. The molecule has 0 radical (unpaired) electrons. The third kappa shape index (κ3) is 3.07. The molecule has 0 unspecified atom stereocenters. The van der Waals surface area contributed by atoms with Gasteiger partial charge in [-0.15, -0.1) is 0 Å².